The third kappa shape index (κ3) is 5.33. The quantitative estimate of drug-likeness (QED) is 0.611. The van der Waals surface area contributed by atoms with Gasteiger partial charge in [0.2, 0.25) is 0 Å². The lowest BCUT2D eigenvalue weighted by molar-refractivity contribution is -0.131. The molecule has 0 atom stereocenters. The van der Waals surface area contributed by atoms with Crippen molar-refractivity contribution in [2.45, 2.75) is 5.75 Å². The molecule has 0 amide bonds. The molecule has 1 aromatic rings. The van der Waals surface area contributed by atoms with E-state index >= 15 is 0 Å². The van der Waals surface area contributed by atoms with Gasteiger partial charge < -0.3 is 9.84 Å². The van der Waals surface area contributed by atoms with Crippen LogP contribution < -0.4 is 0 Å². The Labute approximate surface area is 110 Å². The van der Waals surface area contributed by atoms with E-state index in [-0.39, 0.29) is 5.82 Å². The van der Waals surface area contributed by atoms with Crippen LogP contribution in [0.15, 0.2) is 24.3 Å². The SMILES string of the molecule is COCCSCc1ccc(C=CC(=O)O)cc1F. The summed E-state index contributed by atoms with van der Waals surface area (Å²) in [5.74, 6) is 0.0383. The Hall–Kier alpha value is -1.33. The number of hydrogen-bond donors (Lipinski definition) is 1. The monoisotopic (exact) mass is 270 g/mol. The zero-order valence-electron chi connectivity index (χ0n) is 10.1. The fourth-order valence-electron chi connectivity index (χ4n) is 1.28. The highest BCUT2D eigenvalue weighted by Crippen LogP contribution is 2.17. The second-order valence-electron chi connectivity index (χ2n) is 3.57. The van der Waals surface area contributed by atoms with Crippen LogP contribution in [0, 0.1) is 5.82 Å². The lowest BCUT2D eigenvalue weighted by Crippen LogP contribution is -1.94. The highest BCUT2D eigenvalue weighted by Gasteiger charge is 2.03. The molecule has 0 saturated carbocycles. The maximum atomic E-state index is 13.7. The Morgan fingerprint density at radius 2 is 2.33 bits per heavy atom. The Balaban J connectivity index is 2.59. The number of hydrogen-bond acceptors (Lipinski definition) is 3. The first-order chi connectivity index (χ1) is 8.63. The first kappa shape index (κ1) is 14.7. The van der Waals surface area contributed by atoms with Gasteiger partial charge in [-0.2, -0.15) is 11.8 Å². The van der Waals surface area contributed by atoms with Crippen LogP contribution in [0.25, 0.3) is 6.08 Å². The van der Waals surface area contributed by atoms with Crippen molar-refractivity contribution in [2.75, 3.05) is 19.5 Å². The summed E-state index contributed by atoms with van der Waals surface area (Å²) in [4.78, 5) is 10.3. The molecule has 1 rings (SSSR count). The number of benzene rings is 1. The fraction of sp³-hybridized carbons (Fsp3) is 0.308. The van der Waals surface area contributed by atoms with E-state index in [9.17, 15) is 9.18 Å². The summed E-state index contributed by atoms with van der Waals surface area (Å²) >= 11 is 1.59. The van der Waals surface area contributed by atoms with Gasteiger partial charge in [-0.15, -0.1) is 0 Å². The van der Waals surface area contributed by atoms with Gasteiger partial charge in [0.25, 0.3) is 0 Å². The van der Waals surface area contributed by atoms with Crippen LogP contribution in [0.1, 0.15) is 11.1 Å². The van der Waals surface area contributed by atoms with E-state index in [1.54, 1.807) is 31.0 Å². The average molecular weight is 270 g/mol. The molecule has 0 bridgehead atoms. The molecule has 0 aliphatic carbocycles. The average Bonchev–Trinajstić information content (AvgIpc) is 2.34. The van der Waals surface area contributed by atoms with Crippen molar-refractivity contribution in [3.63, 3.8) is 0 Å². The molecule has 0 aromatic heterocycles. The molecule has 0 fully saturated rings. The molecule has 0 aliphatic heterocycles. The number of carboxylic acids is 1. The summed E-state index contributed by atoms with van der Waals surface area (Å²) in [6.45, 7) is 0.645. The van der Waals surface area contributed by atoms with Crippen molar-refractivity contribution in [1.82, 2.24) is 0 Å². The topological polar surface area (TPSA) is 46.5 Å². The molecule has 0 unspecified atom stereocenters. The summed E-state index contributed by atoms with van der Waals surface area (Å²) < 4.78 is 18.6. The molecule has 18 heavy (non-hydrogen) atoms. The zero-order valence-corrected chi connectivity index (χ0v) is 10.9. The number of methoxy groups -OCH3 is 1. The minimum absolute atomic E-state index is 0.313. The summed E-state index contributed by atoms with van der Waals surface area (Å²) in [6.07, 6.45) is 2.36. The summed E-state index contributed by atoms with van der Waals surface area (Å²) in [7, 11) is 1.63. The van der Waals surface area contributed by atoms with E-state index < -0.39 is 5.97 Å². The molecule has 3 nitrogen and oxygen atoms in total. The van der Waals surface area contributed by atoms with Gasteiger partial charge in [-0.25, -0.2) is 9.18 Å². The Bertz CT molecular complexity index is 432. The van der Waals surface area contributed by atoms with Crippen LogP contribution in [0.3, 0.4) is 0 Å². The van der Waals surface area contributed by atoms with Crippen LogP contribution >= 0.6 is 11.8 Å². The highest BCUT2D eigenvalue weighted by molar-refractivity contribution is 7.98. The van der Waals surface area contributed by atoms with Crippen LogP contribution in [0.2, 0.25) is 0 Å². The van der Waals surface area contributed by atoms with E-state index in [0.29, 0.717) is 23.5 Å². The number of aliphatic carboxylic acids is 1. The molecule has 0 heterocycles. The van der Waals surface area contributed by atoms with Crippen LogP contribution in [0.4, 0.5) is 4.39 Å². The van der Waals surface area contributed by atoms with Crippen molar-refractivity contribution in [3.8, 4) is 0 Å². The summed E-state index contributed by atoms with van der Waals surface area (Å²) in [5.41, 5.74) is 1.16. The summed E-state index contributed by atoms with van der Waals surface area (Å²) in [5, 5.41) is 8.47. The summed E-state index contributed by atoms with van der Waals surface area (Å²) in [6, 6.07) is 4.72. The van der Waals surface area contributed by atoms with Gasteiger partial charge in [-0.1, -0.05) is 12.1 Å². The molecular weight excluding hydrogens is 255 g/mol. The van der Waals surface area contributed by atoms with Gasteiger partial charge in [0.1, 0.15) is 5.82 Å². The molecule has 1 aromatic carbocycles. The standard InChI is InChI=1S/C13H15FO3S/c1-17-6-7-18-9-11-4-2-10(8-12(11)14)3-5-13(15)16/h2-5,8H,6-7,9H2,1H3,(H,15,16). The van der Waals surface area contributed by atoms with Crippen molar-refractivity contribution in [3.05, 3.63) is 41.2 Å². The largest absolute Gasteiger partial charge is 0.478 e. The van der Waals surface area contributed by atoms with E-state index in [2.05, 4.69) is 0 Å². The second-order valence-corrected chi connectivity index (χ2v) is 4.67. The molecule has 0 aliphatic rings. The maximum Gasteiger partial charge on any atom is 0.328 e. The first-order valence-corrected chi connectivity index (χ1v) is 6.55. The molecule has 0 radical (unpaired) electrons. The Morgan fingerprint density at radius 3 is 2.94 bits per heavy atom. The predicted octanol–water partition coefficient (Wildman–Crippen LogP) is 2.80. The zero-order chi connectivity index (χ0) is 13.4. The van der Waals surface area contributed by atoms with Gasteiger partial charge in [-0.3, -0.25) is 0 Å². The molecule has 5 heteroatoms. The van der Waals surface area contributed by atoms with Crippen LogP contribution in [0.5, 0.6) is 0 Å². The van der Waals surface area contributed by atoms with Crippen LogP contribution in [-0.4, -0.2) is 30.5 Å². The smallest absolute Gasteiger partial charge is 0.328 e. The van der Waals surface area contributed by atoms with Crippen molar-refractivity contribution in [1.29, 1.82) is 0 Å². The lowest BCUT2D eigenvalue weighted by atomic mass is 10.1. The minimum atomic E-state index is -1.05. The van der Waals surface area contributed by atoms with Gasteiger partial charge in [0, 0.05) is 24.7 Å². The lowest BCUT2D eigenvalue weighted by Gasteiger charge is -2.04. The number of halogens is 1. The maximum absolute atomic E-state index is 13.7. The van der Waals surface area contributed by atoms with Gasteiger partial charge >= 0.3 is 5.97 Å². The second kappa shape index (κ2) is 7.89. The number of carboxylic acid groups (broad SMARTS) is 1. The van der Waals surface area contributed by atoms with Crippen molar-refractivity contribution in [2.24, 2.45) is 0 Å². The number of ether oxygens (including phenoxy) is 1. The van der Waals surface area contributed by atoms with E-state index in [1.807, 2.05) is 0 Å². The Kier molecular flexibility index (Phi) is 6.46. The van der Waals surface area contributed by atoms with Gasteiger partial charge in [0.05, 0.1) is 6.61 Å². The van der Waals surface area contributed by atoms with Gasteiger partial charge in [0.15, 0.2) is 0 Å². The third-order valence-electron chi connectivity index (χ3n) is 2.18. The molecule has 0 saturated heterocycles. The first-order valence-electron chi connectivity index (χ1n) is 5.39. The van der Waals surface area contributed by atoms with Crippen molar-refractivity contribution >= 4 is 23.8 Å². The highest BCUT2D eigenvalue weighted by atomic mass is 32.2. The molecule has 1 N–H and O–H groups in total. The van der Waals surface area contributed by atoms with Gasteiger partial charge in [-0.05, 0) is 23.3 Å². The van der Waals surface area contributed by atoms with Crippen LogP contribution in [-0.2, 0) is 15.3 Å². The predicted molar refractivity (Wildman–Crippen MR) is 71.1 cm³/mol. The fourth-order valence-corrected chi connectivity index (χ4v) is 2.16. The van der Waals surface area contributed by atoms with Crippen molar-refractivity contribution < 1.29 is 19.0 Å². The third-order valence-corrected chi connectivity index (χ3v) is 3.16. The van der Waals surface area contributed by atoms with E-state index in [1.165, 1.54) is 12.1 Å². The molecular formula is C13H15FO3S. The normalized spacial score (nSPS) is 11.0. The number of thioether (sulfide) groups is 1. The Morgan fingerprint density at radius 1 is 1.56 bits per heavy atom. The molecule has 0 spiro atoms. The van der Waals surface area contributed by atoms with E-state index in [4.69, 9.17) is 9.84 Å². The number of carbonyl (C=O) groups is 1. The van der Waals surface area contributed by atoms with E-state index in [0.717, 1.165) is 11.8 Å². The number of rotatable bonds is 7. The molecule has 98 valence electrons. The minimum Gasteiger partial charge on any atom is -0.478 e.